The lowest BCUT2D eigenvalue weighted by Crippen LogP contribution is -2.58. The van der Waals surface area contributed by atoms with E-state index in [-0.39, 0.29) is 24.7 Å². The lowest BCUT2D eigenvalue weighted by molar-refractivity contribution is -0.150. The van der Waals surface area contributed by atoms with Gasteiger partial charge in [0.25, 0.3) is 5.91 Å². The molecule has 0 spiro atoms. The van der Waals surface area contributed by atoms with Crippen LogP contribution < -0.4 is 10.6 Å². The van der Waals surface area contributed by atoms with Crippen molar-refractivity contribution < 1.29 is 19.2 Å². The van der Waals surface area contributed by atoms with Gasteiger partial charge in [0.1, 0.15) is 12.1 Å². The van der Waals surface area contributed by atoms with E-state index in [0.29, 0.717) is 19.5 Å². The summed E-state index contributed by atoms with van der Waals surface area (Å²) in [6.45, 7) is 0.913. The van der Waals surface area contributed by atoms with Crippen molar-refractivity contribution >= 4 is 35.1 Å². The number of benzene rings is 1. The van der Waals surface area contributed by atoms with Crippen molar-refractivity contribution in [1.82, 2.24) is 20.4 Å². The van der Waals surface area contributed by atoms with Gasteiger partial charge in [-0.2, -0.15) is 0 Å². The highest BCUT2D eigenvalue weighted by atomic mass is 32.1. The summed E-state index contributed by atoms with van der Waals surface area (Å²) in [5.41, 5.74) is 2.07. The Kier molecular flexibility index (Phi) is 6.03. The predicted octanol–water partition coefficient (Wildman–Crippen LogP) is 1.62. The Morgan fingerprint density at radius 1 is 1.16 bits per heavy atom. The van der Waals surface area contributed by atoms with Crippen molar-refractivity contribution in [2.24, 2.45) is 0 Å². The molecule has 1 aromatic carbocycles. The first-order valence-corrected chi connectivity index (χ1v) is 11.1. The van der Waals surface area contributed by atoms with Gasteiger partial charge in [0.05, 0.1) is 0 Å². The molecular formula is C22H24N4O4S. The van der Waals surface area contributed by atoms with E-state index in [9.17, 15) is 19.2 Å². The minimum Gasteiger partial charge on any atom is -0.342 e. The lowest BCUT2D eigenvalue weighted by atomic mass is 9.98. The fourth-order valence-corrected chi connectivity index (χ4v) is 4.72. The summed E-state index contributed by atoms with van der Waals surface area (Å²) in [6, 6.07) is 10.3. The molecule has 0 aliphatic carbocycles. The second-order valence-electron chi connectivity index (χ2n) is 7.80. The Hall–Kier alpha value is -3.20. The summed E-state index contributed by atoms with van der Waals surface area (Å²) in [5, 5.41) is 6.69. The van der Waals surface area contributed by atoms with Crippen LogP contribution in [0, 0.1) is 0 Å². The number of rotatable bonds is 6. The first-order chi connectivity index (χ1) is 14.9. The molecular weight excluding hydrogens is 416 g/mol. The van der Waals surface area contributed by atoms with Gasteiger partial charge in [-0.3, -0.25) is 19.7 Å². The maximum atomic E-state index is 13.0. The molecule has 2 fully saturated rings. The standard InChI is InChI=1S/C22H24N4O4S/c1-25-9-10-26(19(27)8-7-16-20(28)24-22(30)23-16)17(21(25)29)13-14-4-2-5-15(12-14)18-6-3-11-31-18/h2-6,11-12,16-17H,7-10,13H2,1H3,(H2,23,24,28,30). The van der Waals surface area contributed by atoms with Crippen LogP contribution in [0.1, 0.15) is 18.4 Å². The van der Waals surface area contributed by atoms with Gasteiger partial charge in [-0.15, -0.1) is 11.3 Å². The number of hydrogen-bond acceptors (Lipinski definition) is 5. The highest BCUT2D eigenvalue weighted by molar-refractivity contribution is 7.13. The number of nitrogens with zero attached hydrogens (tertiary/aromatic N) is 2. The topological polar surface area (TPSA) is 98.8 Å². The summed E-state index contributed by atoms with van der Waals surface area (Å²) in [7, 11) is 1.75. The number of piperazine rings is 1. The Morgan fingerprint density at radius 2 is 2.00 bits per heavy atom. The Bertz CT molecular complexity index is 1010. The first-order valence-electron chi connectivity index (χ1n) is 10.2. The molecule has 2 aromatic rings. The molecule has 4 rings (SSSR count). The molecule has 2 aliphatic rings. The zero-order chi connectivity index (χ0) is 22.0. The molecule has 2 saturated heterocycles. The smallest absolute Gasteiger partial charge is 0.322 e. The summed E-state index contributed by atoms with van der Waals surface area (Å²) >= 11 is 1.65. The highest BCUT2D eigenvalue weighted by Crippen LogP contribution is 2.26. The van der Waals surface area contributed by atoms with E-state index >= 15 is 0 Å². The summed E-state index contributed by atoms with van der Waals surface area (Å²) in [5.74, 6) is -0.697. The van der Waals surface area contributed by atoms with Crippen LogP contribution in [-0.2, 0) is 20.8 Å². The molecule has 1 aromatic heterocycles. The van der Waals surface area contributed by atoms with E-state index in [1.807, 2.05) is 29.6 Å². The fraction of sp³-hybridized carbons (Fsp3) is 0.364. The van der Waals surface area contributed by atoms with Crippen molar-refractivity contribution in [3.8, 4) is 10.4 Å². The van der Waals surface area contributed by atoms with E-state index in [1.54, 1.807) is 28.2 Å². The molecule has 2 N–H and O–H groups in total. The van der Waals surface area contributed by atoms with Crippen molar-refractivity contribution in [1.29, 1.82) is 0 Å². The van der Waals surface area contributed by atoms with Crippen LogP contribution in [-0.4, -0.2) is 65.8 Å². The van der Waals surface area contributed by atoms with E-state index in [1.165, 1.54) is 0 Å². The number of carbonyl (C=O) groups excluding carboxylic acids is 4. The number of hydrogen-bond donors (Lipinski definition) is 2. The number of amides is 5. The molecule has 8 nitrogen and oxygen atoms in total. The average molecular weight is 441 g/mol. The Morgan fingerprint density at radius 3 is 2.71 bits per heavy atom. The average Bonchev–Trinajstić information content (AvgIpc) is 3.39. The quantitative estimate of drug-likeness (QED) is 0.667. The highest BCUT2D eigenvalue weighted by Gasteiger charge is 2.37. The number of likely N-dealkylation sites (N-methyl/N-ethyl adjacent to an activating group) is 1. The number of thiophene rings is 1. The molecule has 0 radical (unpaired) electrons. The zero-order valence-electron chi connectivity index (χ0n) is 17.2. The van der Waals surface area contributed by atoms with Crippen LogP contribution in [0.3, 0.4) is 0 Å². The van der Waals surface area contributed by atoms with Crippen LogP contribution in [0.25, 0.3) is 10.4 Å². The van der Waals surface area contributed by atoms with Crippen molar-refractivity contribution in [2.45, 2.75) is 31.3 Å². The second-order valence-corrected chi connectivity index (χ2v) is 8.75. The van der Waals surface area contributed by atoms with Crippen LogP contribution in [0.4, 0.5) is 4.79 Å². The largest absolute Gasteiger partial charge is 0.342 e. The molecule has 5 amide bonds. The molecule has 9 heteroatoms. The number of imide groups is 1. The van der Waals surface area contributed by atoms with Gasteiger partial charge in [0.15, 0.2) is 0 Å². The van der Waals surface area contributed by atoms with Crippen molar-refractivity contribution in [3.05, 3.63) is 47.3 Å². The molecule has 2 atom stereocenters. The van der Waals surface area contributed by atoms with Gasteiger partial charge in [0, 0.05) is 37.9 Å². The fourth-order valence-electron chi connectivity index (χ4n) is 4.00. The van der Waals surface area contributed by atoms with Gasteiger partial charge in [-0.05, 0) is 29.0 Å². The Balaban J connectivity index is 1.47. The van der Waals surface area contributed by atoms with Crippen LogP contribution >= 0.6 is 11.3 Å². The van der Waals surface area contributed by atoms with Gasteiger partial charge in [-0.25, -0.2) is 4.79 Å². The van der Waals surface area contributed by atoms with E-state index in [2.05, 4.69) is 22.8 Å². The third-order valence-electron chi connectivity index (χ3n) is 5.70. The summed E-state index contributed by atoms with van der Waals surface area (Å²) in [4.78, 5) is 53.3. The summed E-state index contributed by atoms with van der Waals surface area (Å²) < 4.78 is 0. The molecule has 162 valence electrons. The zero-order valence-corrected chi connectivity index (χ0v) is 18.0. The van der Waals surface area contributed by atoms with E-state index in [4.69, 9.17) is 0 Å². The number of urea groups is 1. The number of nitrogens with one attached hydrogen (secondary N) is 2. The third-order valence-corrected chi connectivity index (χ3v) is 6.62. The van der Waals surface area contributed by atoms with Gasteiger partial charge in [0.2, 0.25) is 11.8 Å². The molecule has 31 heavy (non-hydrogen) atoms. The van der Waals surface area contributed by atoms with E-state index in [0.717, 1.165) is 16.0 Å². The summed E-state index contributed by atoms with van der Waals surface area (Å²) in [6.07, 6.45) is 0.716. The third kappa shape index (κ3) is 4.61. The molecule has 3 heterocycles. The minimum atomic E-state index is -0.708. The monoisotopic (exact) mass is 440 g/mol. The maximum absolute atomic E-state index is 13.0. The van der Waals surface area contributed by atoms with Gasteiger partial charge < -0.3 is 15.1 Å². The second kappa shape index (κ2) is 8.89. The number of carbonyl (C=O) groups is 4. The lowest BCUT2D eigenvalue weighted by Gasteiger charge is -2.39. The SMILES string of the molecule is CN1CCN(C(=O)CCC2NC(=O)NC2=O)C(Cc2cccc(-c3cccs3)c2)C1=O. The van der Waals surface area contributed by atoms with Crippen molar-refractivity contribution in [3.63, 3.8) is 0 Å². The Labute approximate surface area is 184 Å². The molecule has 0 bridgehead atoms. The van der Waals surface area contributed by atoms with Crippen LogP contribution in [0.2, 0.25) is 0 Å². The normalized spacial score (nSPS) is 21.3. The molecule has 2 unspecified atom stereocenters. The predicted molar refractivity (Wildman–Crippen MR) is 116 cm³/mol. The molecule has 2 aliphatic heterocycles. The van der Waals surface area contributed by atoms with Crippen LogP contribution in [0.15, 0.2) is 41.8 Å². The van der Waals surface area contributed by atoms with Crippen LogP contribution in [0.5, 0.6) is 0 Å². The maximum Gasteiger partial charge on any atom is 0.322 e. The molecule has 0 saturated carbocycles. The van der Waals surface area contributed by atoms with Gasteiger partial charge >= 0.3 is 6.03 Å². The van der Waals surface area contributed by atoms with E-state index < -0.39 is 24.0 Å². The van der Waals surface area contributed by atoms with Crippen molar-refractivity contribution in [2.75, 3.05) is 20.1 Å². The minimum absolute atomic E-state index is 0.0844. The van der Waals surface area contributed by atoms with Gasteiger partial charge in [-0.1, -0.05) is 30.3 Å². The first kappa shape index (κ1) is 21.0.